The van der Waals surface area contributed by atoms with E-state index in [9.17, 15) is 4.39 Å². The Morgan fingerprint density at radius 1 is 1.03 bits per heavy atom. The van der Waals surface area contributed by atoms with Crippen LogP contribution in [0.3, 0.4) is 0 Å². The van der Waals surface area contributed by atoms with Gasteiger partial charge in [-0.05, 0) is 30.0 Å². The third-order valence-corrected chi connectivity index (χ3v) is 6.08. The molecule has 0 saturated carbocycles. The van der Waals surface area contributed by atoms with Crippen LogP contribution in [0.5, 0.6) is 0 Å². The summed E-state index contributed by atoms with van der Waals surface area (Å²) in [6.45, 7) is 6.01. The summed E-state index contributed by atoms with van der Waals surface area (Å²) in [5.41, 5.74) is 9.08. The number of guanidine groups is 1. The molecular weight excluding hydrogens is 391 g/mol. The van der Waals surface area contributed by atoms with Crippen molar-refractivity contribution in [3.05, 3.63) is 71.7 Å². The summed E-state index contributed by atoms with van der Waals surface area (Å²) in [5.74, 6) is 0.667. The third-order valence-electron chi connectivity index (χ3n) is 6.08. The van der Waals surface area contributed by atoms with E-state index in [1.165, 1.54) is 18.9 Å². The van der Waals surface area contributed by atoms with E-state index in [-0.39, 0.29) is 5.82 Å². The second-order valence-corrected chi connectivity index (χ2v) is 8.60. The largest absolute Gasteiger partial charge is 0.369 e. The molecule has 0 amide bonds. The van der Waals surface area contributed by atoms with Crippen LogP contribution in [0.4, 0.5) is 10.3 Å². The van der Waals surface area contributed by atoms with Crippen LogP contribution in [0.15, 0.2) is 64.1 Å². The van der Waals surface area contributed by atoms with Crippen molar-refractivity contribution < 1.29 is 8.91 Å². The van der Waals surface area contributed by atoms with Crippen LogP contribution >= 0.6 is 0 Å². The van der Waals surface area contributed by atoms with Crippen molar-refractivity contribution in [1.82, 2.24) is 10.1 Å². The molecule has 31 heavy (non-hydrogen) atoms. The predicted octanol–water partition coefficient (Wildman–Crippen LogP) is 5.63. The predicted molar refractivity (Wildman–Crippen MR) is 122 cm³/mol. The number of aliphatic imine (C=N–C) groups is 1. The highest BCUT2D eigenvalue weighted by atomic mass is 19.1. The van der Waals surface area contributed by atoms with Crippen molar-refractivity contribution in [2.45, 2.75) is 44.9 Å². The average molecular weight is 421 g/mol. The molecule has 2 N–H and O–H groups in total. The fourth-order valence-electron chi connectivity index (χ4n) is 4.01. The quantitative estimate of drug-likeness (QED) is 0.439. The smallest absolute Gasteiger partial charge is 0.253 e. The van der Waals surface area contributed by atoms with Gasteiger partial charge in [-0.15, -0.1) is 0 Å². The number of aromatic nitrogens is 1. The Balaban J connectivity index is 1.53. The summed E-state index contributed by atoms with van der Waals surface area (Å²) in [4.78, 5) is 6.58. The highest BCUT2D eigenvalue weighted by Crippen LogP contribution is 2.34. The van der Waals surface area contributed by atoms with Gasteiger partial charge in [0.2, 0.25) is 0 Å². The molecule has 4 rings (SSSR count). The van der Waals surface area contributed by atoms with Gasteiger partial charge in [-0.3, -0.25) is 0 Å². The first-order valence-electron chi connectivity index (χ1n) is 10.9. The minimum Gasteiger partial charge on any atom is -0.369 e. The Hall–Kier alpha value is -3.15. The van der Waals surface area contributed by atoms with E-state index in [1.54, 1.807) is 12.1 Å². The molecule has 1 aliphatic rings. The van der Waals surface area contributed by atoms with Crippen LogP contribution in [0.2, 0.25) is 0 Å². The number of hydrogen-bond acceptors (Lipinski definition) is 3. The lowest BCUT2D eigenvalue weighted by Crippen LogP contribution is -2.37. The van der Waals surface area contributed by atoms with Gasteiger partial charge in [0.25, 0.3) is 5.88 Å². The first kappa shape index (κ1) is 21.1. The minimum absolute atomic E-state index is 0.226. The van der Waals surface area contributed by atoms with E-state index < -0.39 is 5.41 Å². The van der Waals surface area contributed by atoms with Crippen LogP contribution in [-0.4, -0.2) is 29.1 Å². The van der Waals surface area contributed by atoms with Crippen molar-refractivity contribution in [3.8, 4) is 11.1 Å². The van der Waals surface area contributed by atoms with Gasteiger partial charge < -0.3 is 15.2 Å². The molecule has 0 aliphatic carbocycles. The second kappa shape index (κ2) is 8.92. The van der Waals surface area contributed by atoms with Gasteiger partial charge in [0.05, 0.1) is 5.69 Å². The lowest BCUT2D eigenvalue weighted by atomic mass is 9.81. The van der Waals surface area contributed by atoms with Gasteiger partial charge in [-0.2, -0.15) is 4.99 Å². The number of nitrogens with two attached hydrogens (primary N) is 1. The molecule has 1 saturated heterocycles. The van der Waals surface area contributed by atoms with Crippen LogP contribution in [0.25, 0.3) is 11.1 Å². The van der Waals surface area contributed by atoms with Crippen LogP contribution in [0.1, 0.15) is 50.8 Å². The number of halogens is 1. The SMILES string of the molecule is CC(C)(c1ccc(-c2ccccc2F)cc1)c1cc(N=C(N)N2CCCCCC2)on1. The summed E-state index contributed by atoms with van der Waals surface area (Å²) < 4.78 is 19.6. The third kappa shape index (κ3) is 4.63. The van der Waals surface area contributed by atoms with Gasteiger partial charge >= 0.3 is 0 Å². The number of benzene rings is 2. The van der Waals surface area contributed by atoms with Crippen LogP contribution in [0, 0.1) is 5.82 Å². The number of hydrogen-bond donors (Lipinski definition) is 1. The molecule has 3 aromatic rings. The summed E-state index contributed by atoms with van der Waals surface area (Å²) >= 11 is 0. The molecule has 2 aromatic carbocycles. The Bertz CT molecular complexity index is 1050. The molecule has 0 unspecified atom stereocenters. The van der Waals surface area contributed by atoms with Crippen LogP contribution in [-0.2, 0) is 5.41 Å². The summed E-state index contributed by atoms with van der Waals surface area (Å²) in [5, 5.41) is 4.26. The first-order chi connectivity index (χ1) is 14.9. The Kier molecular flexibility index (Phi) is 6.07. The lowest BCUT2D eigenvalue weighted by Gasteiger charge is -2.22. The number of nitrogens with zero attached hydrogens (tertiary/aromatic N) is 3. The minimum atomic E-state index is -0.400. The van der Waals surface area contributed by atoms with E-state index in [0.29, 0.717) is 17.4 Å². The molecule has 0 spiro atoms. The van der Waals surface area contributed by atoms with Crippen molar-refractivity contribution >= 4 is 11.8 Å². The fraction of sp³-hybridized carbons (Fsp3) is 0.360. The molecule has 162 valence electrons. The molecule has 0 bridgehead atoms. The number of rotatable bonds is 4. The molecule has 0 radical (unpaired) electrons. The monoisotopic (exact) mass is 420 g/mol. The first-order valence-corrected chi connectivity index (χ1v) is 10.9. The van der Waals surface area contributed by atoms with E-state index in [1.807, 2.05) is 36.4 Å². The molecule has 2 heterocycles. The molecule has 6 heteroatoms. The molecular formula is C25H29FN4O. The Morgan fingerprint density at radius 2 is 1.71 bits per heavy atom. The van der Waals surface area contributed by atoms with Crippen molar-refractivity contribution in [2.24, 2.45) is 10.7 Å². The maximum atomic E-state index is 14.1. The van der Waals surface area contributed by atoms with Crippen molar-refractivity contribution in [3.63, 3.8) is 0 Å². The normalized spacial score (nSPS) is 15.7. The Labute approximate surface area is 182 Å². The lowest BCUT2D eigenvalue weighted by molar-refractivity contribution is 0.401. The summed E-state index contributed by atoms with van der Waals surface area (Å²) in [7, 11) is 0. The zero-order valence-corrected chi connectivity index (χ0v) is 18.1. The highest BCUT2D eigenvalue weighted by molar-refractivity contribution is 5.80. The molecule has 0 atom stereocenters. The van der Waals surface area contributed by atoms with E-state index in [0.717, 1.165) is 42.8 Å². The van der Waals surface area contributed by atoms with Crippen LogP contribution < -0.4 is 5.73 Å². The van der Waals surface area contributed by atoms with Crippen molar-refractivity contribution in [1.29, 1.82) is 0 Å². The van der Waals surface area contributed by atoms with E-state index in [2.05, 4.69) is 28.9 Å². The van der Waals surface area contributed by atoms with Crippen molar-refractivity contribution in [2.75, 3.05) is 13.1 Å². The molecule has 1 aliphatic heterocycles. The fourth-order valence-corrected chi connectivity index (χ4v) is 4.01. The molecule has 5 nitrogen and oxygen atoms in total. The zero-order chi connectivity index (χ0) is 21.8. The zero-order valence-electron chi connectivity index (χ0n) is 18.1. The molecule has 1 fully saturated rings. The maximum Gasteiger partial charge on any atom is 0.253 e. The highest BCUT2D eigenvalue weighted by Gasteiger charge is 2.27. The standard InChI is InChI=1S/C25H29FN4O/c1-25(2,19-13-11-18(12-14-19)20-9-5-6-10-21(20)26)22-17-23(31-29-22)28-24(27)30-15-7-3-4-8-16-30/h5-6,9-14,17H,3-4,7-8,15-16H2,1-2H3,(H2,27,28). The van der Waals surface area contributed by atoms with E-state index >= 15 is 0 Å². The summed E-state index contributed by atoms with van der Waals surface area (Å²) in [6, 6.07) is 16.5. The second-order valence-electron chi connectivity index (χ2n) is 8.60. The van der Waals surface area contributed by atoms with Gasteiger partial charge in [-0.25, -0.2) is 4.39 Å². The number of likely N-dealkylation sites (tertiary alicyclic amines) is 1. The Morgan fingerprint density at radius 3 is 2.39 bits per heavy atom. The van der Waals surface area contributed by atoms with Gasteiger partial charge in [0, 0.05) is 30.1 Å². The van der Waals surface area contributed by atoms with Gasteiger partial charge in [-0.1, -0.05) is 74.3 Å². The van der Waals surface area contributed by atoms with Gasteiger partial charge in [0.15, 0.2) is 5.96 Å². The molecule has 1 aromatic heterocycles. The van der Waals surface area contributed by atoms with Gasteiger partial charge in [0.1, 0.15) is 5.82 Å². The maximum absolute atomic E-state index is 14.1. The topological polar surface area (TPSA) is 67.7 Å². The average Bonchev–Trinajstić information content (AvgIpc) is 3.07. The summed E-state index contributed by atoms with van der Waals surface area (Å²) in [6.07, 6.45) is 4.74. The van der Waals surface area contributed by atoms with E-state index in [4.69, 9.17) is 10.3 Å².